The van der Waals surface area contributed by atoms with Crippen molar-refractivity contribution in [2.45, 2.75) is 52.2 Å². The molecule has 1 heterocycles. The highest BCUT2D eigenvalue weighted by Crippen LogP contribution is 2.23. The summed E-state index contributed by atoms with van der Waals surface area (Å²) in [5.41, 5.74) is 1.66. The lowest BCUT2D eigenvalue weighted by Gasteiger charge is -2.46. The molecule has 1 aromatic rings. The quantitative estimate of drug-likeness (QED) is 0.893. The molecule has 0 radical (unpaired) electrons. The summed E-state index contributed by atoms with van der Waals surface area (Å²) in [6, 6.07) is 11.5. The van der Waals surface area contributed by atoms with Crippen molar-refractivity contribution in [3.05, 3.63) is 35.9 Å². The average Bonchev–Trinajstić information content (AvgIpc) is 2.34. The first-order valence-corrected chi connectivity index (χ1v) is 7.50. The topological polar surface area (TPSA) is 15.3 Å². The van der Waals surface area contributed by atoms with E-state index in [0.717, 1.165) is 25.6 Å². The molecule has 2 heteroatoms. The van der Waals surface area contributed by atoms with E-state index in [-0.39, 0.29) is 5.54 Å². The fraction of sp³-hybridized carbons (Fsp3) is 0.647. The van der Waals surface area contributed by atoms with Crippen LogP contribution in [-0.4, -0.2) is 29.6 Å². The molecule has 2 nitrogen and oxygen atoms in total. The first-order valence-electron chi connectivity index (χ1n) is 7.50. The van der Waals surface area contributed by atoms with Crippen LogP contribution >= 0.6 is 0 Å². The number of nitrogens with one attached hydrogen (secondary N) is 1. The zero-order valence-corrected chi connectivity index (χ0v) is 12.8. The van der Waals surface area contributed by atoms with Gasteiger partial charge in [0.2, 0.25) is 0 Å². The number of hydrogen-bond acceptors (Lipinski definition) is 2. The van der Waals surface area contributed by atoms with Crippen LogP contribution in [0.15, 0.2) is 30.3 Å². The van der Waals surface area contributed by atoms with Crippen molar-refractivity contribution in [2.24, 2.45) is 5.92 Å². The summed E-state index contributed by atoms with van der Waals surface area (Å²) in [4.78, 5) is 2.63. The average molecular weight is 260 g/mol. The number of benzene rings is 1. The molecule has 106 valence electrons. The fourth-order valence-corrected chi connectivity index (χ4v) is 2.89. The minimum absolute atomic E-state index is 0.239. The molecular weight excluding hydrogens is 232 g/mol. The first kappa shape index (κ1) is 14.5. The van der Waals surface area contributed by atoms with Crippen molar-refractivity contribution in [1.29, 1.82) is 0 Å². The minimum atomic E-state index is 0.239. The van der Waals surface area contributed by atoms with E-state index in [9.17, 15) is 0 Å². The van der Waals surface area contributed by atoms with Crippen LogP contribution in [0.5, 0.6) is 0 Å². The lowest BCUT2D eigenvalue weighted by Crippen LogP contribution is -2.61. The summed E-state index contributed by atoms with van der Waals surface area (Å²) in [7, 11) is 0. The molecular formula is C17H28N2. The van der Waals surface area contributed by atoms with Gasteiger partial charge in [0.15, 0.2) is 0 Å². The van der Waals surface area contributed by atoms with Gasteiger partial charge >= 0.3 is 0 Å². The molecule has 0 saturated carbocycles. The third kappa shape index (κ3) is 4.05. The van der Waals surface area contributed by atoms with Crippen LogP contribution in [0.3, 0.4) is 0 Å². The molecule has 0 aromatic heterocycles. The van der Waals surface area contributed by atoms with E-state index in [0.29, 0.717) is 6.04 Å². The van der Waals surface area contributed by atoms with Crippen molar-refractivity contribution in [2.75, 3.05) is 13.1 Å². The normalized spacial score (nSPS) is 23.7. The molecule has 1 saturated heterocycles. The molecule has 0 amide bonds. The summed E-state index contributed by atoms with van der Waals surface area (Å²) in [6.07, 6.45) is 1.27. The smallest absolute Gasteiger partial charge is 0.0281 e. The Bertz CT molecular complexity index is 384. The summed E-state index contributed by atoms with van der Waals surface area (Å²) in [6.45, 7) is 12.6. The van der Waals surface area contributed by atoms with E-state index >= 15 is 0 Å². The van der Waals surface area contributed by atoms with E-state index in [2.05, 4.69) is 68.2 Å². The second-order valence-electron chi connectivity index (χ2n) is 6.89. The second-order valence-corrected chi connectivity index (χ2v) is 6.89. The third-order valence-electron chi connectivity index (χ3n) is 4.09. The van der Waals surface area contributed by atoms with E-state index in [1.807, 2.05) is 0 Å². The summed E-state index contributed by atoms with van der Waals surface area (Å²) < 4.78 is 0. The Kier molecular flexibility index (Phi) is 4.64. The molecule has 2 rings (SSSR count). The number of rotatable bonds is 4. The van der Waals surface area contributed by atoms with Gasteiger partial charge in [0.1, 0.15) is 0 Å². The standard InChI is InChI=1S/C17H28N2/c1-14(2)10-16-12-19(17(3,4)13-18-16)11-15-8-6-5-7-9-15/h5-9,14,16,18H,10-13H2,1-4H3. The Hall–Kier alpha value is -0.860. The Balaban J connectivity index is 2.02. The molecule has 1 aromatic carbocycles. The summed E-state index contributed by atoms with van der Waals surface area (Å²) in [5.74, 6) is 0.761. The Labute approximate surface area is 118 Å². The highest BCUT2D eigenvalue weighted by molar-refractivity contribution is 5.15. The zero-order chi connectivity index (χ0) is 13.9. The Morgan fingerprint density at radius 2 is 1.95 bits per heavy atom. The van der Waals surface area contributed by atoms with Crippen LogP contribution in [0.2, 0.25) is 0 Å². The summed E-state index contributed by atoms with van der Waals surface area (Å²) >= 11 is 0. The van der Waals surface area contributed by atoms with Gasteiger partial charge in [-0.05, 0) is 31.7 Å². The van der Waals surface area contributed by atoms with Crippen molar-refractivity contribution in [1.82, 2.24) is 10.2 Å². The Morgan fingerprint density at radius 1 is 1.26 bits per heavy atom. The number of nitrogens with zero attached hydrogens (tertiary/aromatic N) is 1. The molecule has 19 heavy (non-hydrogen) atoms. The SMILES string of the molecule is CC(C)CC1CN(Cc2ccccc2)C(C)(C)CN1. The number of piperazine rings is 1. The van der Waals surface area contributed by atoms with Gasteiger partial charge in [-0.2, -0.15) is 0 Å². The predicted octanol–water partition coefficient (Wildman–Crippen LogP) is 3.29. The van der Waals surface area contributed by atoms with Gasteiger partial charge < -0.3 is 5.32 Å². The minimum Gasteiger partial charge on any atom is -0.311 e. The maximum Gasteiger partial charge on any atom is 0.0281 e. The molecule has 0 aliphatic carbocycles. The summed E-state index contributed by atoms with van der Waals surface area (Å²) in [5, 5.41) is 3.71. The van der Waals surface area contributed by atoms with Gasteiger partial charge in [-0.3, -0.25) is 4.90 Å². The molecule has 1 atom stereocenters. The molecule has 1 N–H and O–H groups in total. The largest absolute Gasteiger partial charge is 0.311 e. The molecule has 1 unspecified atom stereocenters. The highest BCUT2D eigenvalue weighted by atomic mass is 15.3. The van der Waals surface area contributed by atoms with Crippen molar-refractivity contribution in [3.63, 3.8) is 0 Å². The monoisotopic (exact) mass is 260 g/mol. The lowest BCUT2D eigenvalue weighted by atomic mass is 9.93. The maximum atomic E-state index is 3.71. The van der Waals surface area contributed by atoms with Crippen molar-refractivity contribution < 1.29 is 0 Å². The van der Waals surface area contributed by atoms with E-state index in [4.69, 9.17) is 0 Å². The first-order chi connectivity index (χ1) is 8.97. The lowest BCUT2D eigenvalue weighted by molar-refractivity contribution is 0.0536. The van der Waals surface area contributed by atoms with Crippen LogP contribution in [0.1, 0.15) is 39.7 Å². The molecule has 1 aliphatic rings. The van der Waals surface area contributed by atoms with E-state index < -0.39 is 0 Å². The highest BCUT2D eigenvalue weighted by Gasteiger charge is 2.33. The van der Waals surface area contributed by atoms with Gasteiger partial charge in [0, 0.05) is 31.2 Å². The Morgan fingerprint density at radius 3 is 2.58 bits per heavy atom. The van der Waals surface area contributed by atoms with Crippen LogP contribution in [0.25, 0.3) is 0 Å². The molecule has 1 fully saturated rings. The van der Waals surface area contributed by atoms with E-state index in [1.165, 1.54) is 12.0 Å². The predicted molar refractivity (Wildman–Crippen MR) is 82.2 cm³/mol. The van der Waals surface area contributed by atoms with Crippen molar-refractivity contribution in [3.8, 4) is 0 Å². The maximum absolute atomic E-state index is 3.71. The van der Waals surface area contributed by atoms with E-state index in [1.54, 1.807) is 0 Å². The second kappa shape index (κ2) is 6.06. The molecule has 1 aliphatic heterocycles. The van der Waals surface area contributed by atoms with Gasteiger partial charge in [0.25, 0.3) is 0 Å². The molecule has 0 bridgehead atoms. The van der Waals surface area contributed by atoms with Crippen molar-refractivity contribution >= 4 is 0 Å². The van der Waals surface area contributed by atoms with Gasteiger partial charge in [-0.25, -0.2) is 0 Å². The van der Waals surface area contributed by atoms with Crippen LogP contribution < -0.4 is 5.32 Å². The number of hydrogen-bond donors (Lipinski definition) is 1. The fourth-order valence-electron chi connectivity index (χ4n) is 2.89. The van der Waals surface area contributed by atoms with Crippen LogP contribution in [-0.2, 0) is 6.54 Å². The van der Waals surface area contributed by atoms with Gasteiger partial charge in [-0.1, -0.05) is 44.2 Å². The zero-order valence-electron chi connectivity index (χ0n) is 12.8. The van der Waals surface area contributed by atoms with Crippen LogP contribution in [0.4, 0.5) is 0 Å². The molecule has 0 spiro atoms. The van der Waals surface area contributed by atoms with Crippen LogP contribution in [0, 0.1) is 5.92 Å². The van der Waals surface area contributed by atoms with Gasteiger partial charge in [-0.15, -0.1) is 0 Å². The third-order valence-corrected chi connectivity index (χ3v) is 4.09. The van der Waals surface area contributed by atoms with Gasteiger partial charge in [0.05, 0.1) is 0 Å².